The molecule has 6 nitrogen and oxygen atoms in total. The van der Waals surface area contributed by atoms with Crippen LogP contribution in [-0.4, -0.2) is 30.1 Å². The fourth-order valence-electron chi connectivity index (χ4n) is 1.17. The van der Waals surface area contributed by atoms with E-state index in [9.17, 15) is 9.59 Å². The van der Waals surface area contributed by atoms with Crippen molar-refractivity contribution in [2.45, 2.75) is 19.4 Å². The Bertz CT molecular complexity index is 347. The molecule has 2 N–H and O–H groups in total. The first-order valence-electron chi connectivity index (χ1n) is 5.27. The molecule has 0 aliphatic rings. The zero-order valence-corrected chi connectivity index (χ0v) is 9.35. The SMILES string of the molecule is O=C(O)CC(=O)NCCCOCc1ccco1. The van der Waals surface area contributed by atoms with Crippen molar-refractivity contribution in [1.29, 1.82) is 0 Å². The summed E-state index contributed by atoms with van der Waals surface area (Å²) in [6, 6.07) is 3.60. The van der Waals surface area contributed by atoms with Gasteiger partial charge in [-0.05, 0) is 18.6 Å². The lowest BCUT2D eigenvalue weighted by Gasteiger charge is -2.04. The number of ether oxygens (including phenoxy) is 1. The minimum atomic E-state index is -1.13. The van der Waals surface area contributed by atoms with E-state index >= 15 is 0 Å². The molecule has 0 saturated carbocycles. The average Bonchev–Trinajstić information content (AvgIpc) is 2.75. The van der Waals surface area contributed by atoms with E-state index in [4.69, 9.17) is 14.3 Å². The summed E-state index contributed by atoms with van der Waals surface area (Å²) in [7, 11) is 0. The third-order valence-electron chi connectivity index (χ3n) is 1.92. The molecule has 0 fully saturated rings. The topological polar surface area (TPSA) is 88.8 Å². The molecule has 0 bridgehead atoms. The molecule has 17 heavy (non-hydrogen) atoms. The summed E-state index contributed by atoms with van der Waals surface area (Å²) in [5.41, 5.74) is 0. The van der Waals surface area contributed by atoms with Crippen LogP contribution in [0.3, 0.4) is 0 Å². The molecule has 0 aliphatic heterocycles. The van der Waals surface area contributed by atoms with Crippen molar-refractivity contribution < 1.29 is 23.8 Å². The number of amides is 1. The Kier molecular flexibility index (Phi) is 5.81. The van der Waals surface area contributed by atoms with Crippen LogP contribution in [0.4, 0.5) is 0 Å². The Morgan fingerprint density at radius 1 is 1.47 bits per heavy atom. The minimum absolute atomic E-state index is 0.399. The Balaban J connectivity index is 1.94. The summed E-state index contributed by atoms with van der Waals surface area (Å²) in [5.74, 6) is -0.861. The van der Waals surface area contributed by atoms with Gasteiger partial charge >= 0.3 is 5.97 Å². The van der Waals surface area contributed by atoms with Gasteiger partial charge in [0.1, 0.15) is 18.8 Å². The van der Waals surface area contributed by atoms with Gasteiger partial charge in [-0.2, -0.15) is 0 Å². The summed E-state index contributed by atoms with van der Waals surface area (Å²) in [5, 5.41) is 10.8. The molecule has 0 unspecified atom stereocenters. The predicted octanol–water partition coefficient (Wildman–Crippen LogP) is 0.777. The molecule has 0 aromatic carbocycles. The summed E-state index contributed by atoms with van der Waals surface area (Å²) < 4.78 is 10.3. The van der Waals surface area contributed by atoms with Gasteiger partial charge in [0, 0.05) is 13.2 Å². The highest BCUT2D eigenvalue weighted by Gasteiger charge is 2.05. The number of carboxylic acid groups (broad SMARTS) is 1. The van der Waals surface area contributed by atoms with Crippen molar-refractivity contribution in [3.63, 3.8) is 0 Å². The maximum atomic E-state index is 10.9. The summed E-state index contributed by atoms with van der Waals surface area (Å²) in [6.45, 7) is 1.29. The Hall–Kier alpha value is -1.82. The maximum Gasteiger partial charge on any atom is 0.312 e. The first-order valence-corrected chi connectivity index (χ1v) is 5.27. The molecule has 1 amide bonds. The molecule has 0 saturated heterocycles. The lowest BCUT2D eigenvalue weighted by molar-refractivity contribution is -0.140. The number of hydrogen-bond acceptors (Lipinski definition) is 4. The van der Waals surface area contributed by atoms with Crippen LogP contribution < -0.4 is 5.32 Å². The van der Waals surface area contributed by atoms with Gasteiger partial charge in [-0.1, -0.05) is 0 Å². The van der Waals surface area contributed by atoms with E-state index in [1.54, 1.807) is 12.3 Å². The van der Waals surface area contributed by atoms with Crippen molar-refractivity contribution in [1.82, 2.24) is 5.32 Å². The van der Waals surface area contributed by atoms with Crippen molar-refractivity contribution >= 4 is 11.9 Å². The number of carboxylic acids is 1. The fourth-order valence-corrected chi connectivity index (χ4v) is 1.17. The second-order valence-corrected chi connectivity index (χ2v) is 3.41. The van der Waals surface area contributed by atoms with Gasteiger partial charge in [0.15, 0.2) is 0 Å². The lowest BCUT2D eigenvalue weighted by atomic mass is 10.4. The Morgan fingerprint density at radius 2 is 2.29 bits per heavy atom. The number of aliphatic carboxylic acids is 1. The van der Waals surface area contributed by atoms with E-state index in [1.807, 2.05) is 6.07 Å². The lowest BCUT2D eigenvalue weighted by Crippen LogP contribution is -2.27. The fraction of sp³-hybridized carbons (Fsp3) is 0.455. The molecule has 1 aromatic heterocycles. The number of carbonyl (C=O) groups excluding carboxylic acids is 1. The molecule has 1 rings (SSSR count). The molecular formula is C11H15NO5. The molecule has 0 radical (unpaired) electrons. The van der Waals surface area contributed by atoms with Crippen molar-refractivity contribution in [3.8, 4) is 0 Å². The third kappa shape index (κ3) is 6.36. The van der Waals surface area contributed by atoms with Crippen LogP contribution in [0.25, 0.3) is 0 Å². The molecule has 0 aliphatic carbocycles. The first kappa shape index (κ1) is 13.2. The molecule has 0 atom stereocenters. The second-order valence-electron chi connectivity index (χ2n) is 3.41. The van der Waals surface area contributed by atoms with Crippen LogP contribution in [0.2, 0.25) is 0 Å². The normalized spacial score (nSPS) is 10.1. The highest BCUT2D eigenvalue weighted by atomic mass is 16.5. The van der Waals surface area contributed by atoms with E-state index in [0.29, 0.717) is 26.2 Å². The standard InChI is InChI=1S/C11H15NO5/c13-10(7-11(14)15)12-4-2-5-16-8-9-3-1-6-17-9/h1,3,6H,2,4-5,7-8H2,(H,12,13)(H,14,15). The van der Waals surface area contributed by atoms with Crippen LogP contribution in [0.5, 0.6) is 0 Å². The van der Waals surface area contributed by atoms with Gasteiger partial charge in [-0.3, -0.25) is 9.59 Å². The molecule has 0 spiro atoms. The minimum Gasteiger partial charge on any atom is -0.481 e. The predicted molar refractivity (Wildman–Crippen MR) is 58.2 cm³/mol. The van der Waals surface area contributed by atoms with Gasteiger partial charge in [0.25, 0.3) is 0 Å². The number of nitrogens with one attached hydrogen (secondary N) is 1. The average molecular weight is 241 g/mol. The van der Waals surface area contributed by atoms with Crippen LogP contribution in [0.1, 0.15) is 18.6 Å². The largest absolute Gasteiger partial charge is 0.481 e. The second kappa shape index (κ2) is 7.45. The van der Waals surface area contributed by atoms with Crippen molar-refractivity contribution in [2.75, 3.05) is 13.2 Å². The van der Waals surface area contributed by atoms with Crippen LogP contribution in [0, 0.1) is 0 Å². The highest BCUT2D eigenvalue weighted by molar-refractivity contribution is 5.93. The quantitative estimate of drug-likeness (QED) is 0.518. The maximum absolute atomic E-state index is 10.9. The third-order valence-corrected chi connectivity index (χ3v) is 1.92. The van der Waals surface area contributed by atoms with Gasteiger partial charge < -0.3 is 19.6 Å². The number of rotatable bonds is 8. The van der Waals surface area contributed by atoms with Crippen LogP contribution >= 0.6 is 0 Å². The van der Waals surface area contributed by atoms with Crippen LogP contribution in [0.15, 0.2) is 22.8 Å². The molecule has 6 heteroatoms. The van der Waals surface area contributed by atoms with E-state index in [0.717, 1.165) is 5.76 Å². The van der Waals surface area contributed by atoms with Gasteiger partial charge in [0.05, 0.1) is 6.26 Å². The van der Waals surface area contributed by atoms with Crippen molar-refractivity contribution in [2.24, 2.45) is 0 Å². The number of hydrogen-bond donors (Lipinski definition) is 2. The van der Waals surface area contributed by atoms with Gasteiger partial charge in [-0.25, -0.2) is 0 Å². The molecular weight excluding hydrogens is 226 g/mol. The monoisotopic (exact) mass is 241 g/mol. The van der Waals surface area contributed by atoms with E-state index in [-0.39, 0.29) is 0 Å². The summed E-state index contributed by atoms with van der Waals surface area (Å²) in [4.78, 5) is 21.1. The number of furan rings is 1. The molecule has 1 heterocycles. The Labute approximate surface area is 98.6 Å². The first-order chi connectivity index (χ1) is 8.18. The summed E-state index contributed by atoms with van der Waals surface area (Å²) >= 11 is 0. The smallest absolute Gasteiger partial charge is 0.312 e. The van der Waals surface area contributed by atoms with Crippen LogP contribution in [-0.2, 0) is 20.9 Å². The zero-order valence-electron chi connectivity index (χ0n) is 9.35. The molecule has 94 valence electrons. The highest BCUT2D eigenvalue weighted by Crippen LogP contribution is 2.01. The van der Waals surface area contributed by atoms with Gasteiger partial charge in [0.2, 0.25) is 5.91 Å². The van der Waals surface area contributed by atoms with E-state index < -0.39 is 18.3 Å². The van der Waals surface area contributed by atoms with E-state index in [2.05, 4.69) is 5.32 Å². The molecule has 1 aromatic rings. The van der Waals surface area contributed by atoms with Crippen molar-refractivity contribution in [3.05, 3.63) is 24.2 Å². The van der Waals surface area contributed by atoms with E-state index in [1.165, 1.54) is 0 Å². The number of carbonyl (C=O) groups is 2. The Morgan fingerprint density at radius 3 is 2.94 bits per heavy atom. The van der Waals surface area contributed by atoms with Gasteiger partial charge in [-0.15, -0.1) is 0 Å². The zero-order chi connectivity index (χ0) is 12.5. The summed E-state index contributed by atoms with van der Waals surface area (Å²) in [6.07, 6.45) is 1.71.